The highest BCUT2D eigenvalue weighted by Crippen LogP contribution is 2.38. The van der Waals surface area contributed by atoms with Crippen molar-refractivity contribution in [3.05, 3.63) is 35.6 Å². The molecule has 2 aromatic rings. The van der Waals surface area contributed by atoms with E-state index in [1.54, 1.807) is 0 Å². The van der Waals surface area contributed by atoms with Gasteiger partial charge in [0.1, 0.15) is 31.3 Å². The van der Waals surface area contributed by atoms with Crippen LogP contribution in [0.3, 0.4) is 0 Å². The number of amides is 2. The summed E-state index contributed by atoms with van der Waals surface area (Å²) in [5, 5.41) is 11.6. The molecule has 0 aliphatic heterocycles. The van der Waals surface area contributed by atoms with Crippen LogP contribution in [0.2, 0.25) is 0 Å². The normalized spacial score (nSPS) is 12.1. The molecule has 0 radical (unpaired) electrons. The van der Waals surface area contributed by atoms with Gasteiger partial charge in [0.05, 0.1) is 5.56 Å². The molecule has 2 amide bonds. The molecule has 8 nitrogen and oxygen atoms in total. The van der Waals surface area contributed by atoms with E-state index in [4.69, 9.17) is 5.73 Å². The first-order chi connectivity index (χ1) is 13.2. The number of carbonyl (C=O) groups excluding carboxylic acids is 2. The van der Waals surface area contributed by atoms with Gasteiger partial charge >= 0.3 is 6.61 Å². The molecule has 2 rings (SSSR count). The summed E-state index contributed by atoms with van der Waals surface area (Å²) in [5.74, 6) is -3.98. The van der Waals surface area contributed by atoms with Crippen molar-refractivity contribution in [2.45, 2.75) is 35.2 Å². The number of hydrogen-bond donors (Lipinski definition) is 3. The summed E-state index contributed by atoms with van der Waals surface area (Å²) in [6.45, 7) is -1.11. The highest BCUT2D eigenvalue weighted by molar-refractivity contribution is 7.93. The van der Waals surface area contributed by atoms with E-state index in [-0.39, 0.29) is 10.6 Å². The lowest BCUT2D eigenvalue weighted by atomic mass is 10.1. The van der Waals surface area contributed by atoms with Gasteiger partial charge in [0.25, 0.3) is 11.8 Å². The van der Waals surface area contributed by atoms with Gasteiger partial charge in [-0.2, -0.15) is 8.78 Å². The van der Waals surface area contributed by atoms with Gasteiger partial charge in [-0.25, -0.2) is 12.8 Å². The number of primary amides is 1. The second-order valence-corrected chi connectivity index (χ2v) is 9.36. The lowest BCUT2D eigenvalue weighted by molar-refractivity contribution is -0.130. The van der Waals surface area contributed by atoms with Gasteiger partial charge in [-0.05, 0) is 32.0 Å². The van der Waals surface area contributed by atoms with Crippen LogP contribution in [0, 0.1) is 5.82 Å². The fourth-order valence-electron chi connectivity index (χ4n) is 2.03. The number of sulfone groups is 1. The molecule has 0 atom stereocenters. The van der Waals surface area contributed by atoms with Gasteiger partial charge in [-0.15, -0.1) is 11.3 Å². The van der Waals surface area contributed by atoms with Crippen molar-refractivity contribution in [1.29, 1.82) is 0 Å². The van der Waals surface area contributed by atoms with Crippen LogP contribution in [0.5, 0.6) is 5.75 Å². The first kappa shape index (κ1) is 22.6. The van der Waals surface area contributed by atoms with Gasteiger partial charge in [0.2, 0.25) is 9.84 Å². The first-order valence-corrected chi connectivity index (χ1v) is 10.0. The third-order valence-corrected chi connectivity index (χ3v) is 6.75. The van der Waals surface area contributed by atoms with E-state index in [1.165, 1.54) is 0 Å². The molecular formula is C16H15F3N2O6S2. The Bertz CT molecular complexity index is 1060. The topological polar surface area (TPSA) is 136 Å². The number of hydrogen-bond acceptors (Lipinski definition) is 7. The summed E-state index contributed by atoms with van der Waals surface area (Å²) in [6.07, 6.45) is 0. The van der Waals surface area contributed by atoms with Crippen LogP contribution in [0.25, 0.3) is 0 Å². The van der Waals surface area contributed by atoms with Gasteiger partial charge in [-0.3, -0.25) is 9.59 Å². The maximum absolute atomic E-state index is 13.4. The Hall–Kier alpha value is -2.64. The average molecular weight is 452 g/mol. The lowest BCUT2D eigenvalue weighted by Crippen LogP contribution is -2.36. The largest absolute Gasteiger partial charge is 0.433 e. The predicted octanol–water partition coefficient (Wildman–Crippen LogP) is 2.13. The Morgan fingerprint density at radius 3 is 2.41 bits per heavy atom. The minimum Gasteiger partial charge on any atom is -0.433 e. The number of ether oxygens (including phenoxy) is 1. The predicted molar refractivity (Wildman–Crippen MR) is 96.2 cm³/mol. The van der Waals surface area contributed by atoms with Crippen LogP contribution < -0.4 is 15.8 Å². The van der Waals surface area contributed by atoms with Gasteiger partial charge in [-0.1, -0.05) is 0 Å². The van der Waals surface area contributed by atoms with E-state index in [0.29, 0.717) is 17.4 Å². The van der Waals surface area contributed by atoms with E-state index in [1.807, 2.05) is 0 Å². The zero-order valence-electron chi connectivity index (χ0n) is 14.9. The molecule has 0 fully saturated rings. The molecule has 0 aliphatic rings. The number of nitrogens with one attached hydrogen (secondary N) is 1. The SMILES string of the molecule is CC(C)(O)C(=O)Nc1sc(S(=O)(=O)c2ccc(F)cc2OC(F)F)cc1C(N)=O. The quantitative estimate of drug-likeness (QED) is 0.551. The standard InChI is InChI=1S/C16H15F3N2O6S2/c1-16(2,24)14(23)21-13-8(12(20)22)6-11(28-13)29(25,26)10-4-3-7(17)5-9(10)27-15(18)19/h3-6,15,24H,1-2H3,(H2,20,22)(H,21,23). The number of halogens is 3. The maximum Gasteiger partial charge on any atom is 0.387 e. The monoisotopic (exact) mass is 452 g/mol. The molecule has 13 heteroatoms. The first-order valence-electron chi connectivity index (χ1n) is 7.70. The van der Waals surface area contributed by atoms with Gasteiger partial charge in [0.15, 0.2) is 0 Å². The summed E-state index contributed by atoms with van der Waals surface area (Å²) in [5.41, 5.74) is 2.96. The summed E-state index contributed by atoms with van der Waals surface area (Å²) in [6, 6.07) is 2.75. The Morgan fingerprint density at radius 1 is 1.28 bits per heavy atom. The third kappa shape index (κ3) is 5.05. The van der Waals surface area contributed by atoms with Crippen molar-refractivity contribution in [3.8, 4) is 5.75 Å². The van der Waals surface area contributed by atoms with Crippen LogP contribution in [-0.4, -0.2) is 37.6 Å². The highest BCUT2D eigenvalue weighted by atomic mass is 32.2. The number of alkyl halides is 2. The molecule has 29 heavy (non-hydrogen) atoms. The average Bonchev–Trinajstić information content (AvgIpc) is 2.98. The number of anilines is 1. The fourth-order valence-corrected chi connectivity index (χ4v) is 4.89. The zero-order valence-corrected chi connectivity index (χ0v) is 16.5. The lowest BCUT2D eigenvalue weighted by Gasteiger charge is -2.16. The van der Waals surface area contributed by atoms with E-state index < -0.39 is 54.5 Å². The van der Waals surface area contributed by atoms with Crippen LogP contribution in [0.15, 0.2) is 33.4 Å². The van der Waals surface area contributed by atoms with E-state index >= 15 is 0 Å². The highest BCUT2D eigenvalue weighted by Gasteiger charge is 2.31. The Morgan fingerprint density at radius 2 is 1.90 bits per heavy atom. The van der Waals surface area contributed by atoms with Gasteiger partial charge < -0.3 is 20.9 Å². The van der Waals surface area contributed by atoms with E-state index in [9.17, 15) is 36.3 Å². The molecule has 1 heterocycles. The Labute approximate surface area is 167 Å². The number of carbonyl (C=O) groups is 2. The summed E-state index contributed by atoms with van der Waals surface area (Å²) in [7, 11) is -4.57. The second-order valence-electron chi connectivity index (χ2n) is 6.16. The van der Waals surface area contributed by atoms with Crippen LogP contribution in [-0.2, 0) is 14.6 Å². The number of thiophene rings is 1. The number of nitrogens with two attached hydrogens (primary N) is 1. The molecule has 0 saturated carbocycles. The van der Waals surface area contributed by atoms with Crippen molar-refractivity contribution in [2.75, 3.05) is 5.32 Å². The fraction of sp³-hybridized carbons (Fsp3) is 0.250. The number of benzene rings is 1. The molecule has 4 N–H and O–H groups in total. The van der Waals surface area contributed by atoms with Gasteiger partial charge in [0, 0.05) is 6.07 Å². The minimum absolute atomic E-state index is 0.276. The molecule has 0 aliphatic carbocycles. The van der Waals surface area contributed by atoms with Crippen LogP contribution in [0.1, 0.15) is 24.2 Å². The Balaban J connectivity index is 2.58. The maximum atomic E-state index is 13.4. The third-order valence-electron chi connectivity index (χ3n) is 3.43. The van der Waals surface area contributed by atoms with Crippen LogP contribution >= 0.6 is 11.3 Å². The molecule has 1 aromatic heterocycles. The van der Waals surface area contributed by atoms with Crippen molar-refractivity contribution in [1.82, 2.24) is 0 Å². The molecule has 0 spiro atoms. The molecule has 0 bridgehead atoms. The van der Waals surface area contributed by atoms with E-state index in [0.717, 1.165) is 32.0 Å². The molecule has 1 aromatic carbocycles. The summed E-state index contributed by atoms with van der Waals surface area (Å²) in [4.78, 5) is 22.8. The number of aliphatic hydroxyl groups is 1. The van der Waals surface area contributed by atoms with Crippen molar-refractivity contribution in [3.63, 3.8) is 0 Å². The van der Waals surface area contributed by atoms with Crippen molar-refractivity contribution < 1.29 is 41.0 Å². The molecule has 0 saturated heterocycles. The minimum atomic E-state index is -4.57. The number of rotatable bonds is 7. The molecule has 158 valence electrons. The molecule has 0 unspecified atom stereocenters. The smallest absolute Gasteiger partial charge is 0.387 e. The van der Waals surface area contributed by atoms with E-state index in [2.05, 4.69) is 10.1 Å². The molecular weight excluding hydrogens is 437 g/mol. The van der Waals surface area contributed by atoms with Crippen molar-refractivity contribution >= 4 is 38.0 Å². The Kier molecular flexibility index (Phi) is 6.25. The van der Waals surface area contributed by atoms with Crippen molar-refractivity contribution in [2.24, 2.45) is 5.73 Å². The summed E-state index contributed by atoms with van der Waals surface area (Å²) >= 11 is 0.397. The second kappa shape index (κ2) is 8.00. The summed E-state index contributed by atoms with van der Waals surface area (Å²) < 4.78 is 67.8. The van der Waals surface area contributed by atoms with Crippen LogP contribution in [0.4, 0.5) is 18.2 Å². The zero-order chi connectivity index (χ0) is 22.1.